The highest BCUT2D eigenvalue weighted by molar-refractivity contribution is 6.01. The van der Waals surface area contributed by atoms with Crippen LogP contribution in [-0.4, -0.2) is 65.2 Å². The summed E-state index contributed by atoms with van der Waals surface area (Å²) in [6.07, 6.45) is 1.33. The standard InChI is InChI=1S/C42H44F3N5O5/c1-25-26(2)40(51)48(4)23-35(25)28-19-38(53-5)36(39(20-28)54-6)24-49-15-12-32(13-16-49)55-37-9-7-8-33-27(3)50(17-14-34(33)37)41(52)29(21-46)18-31-11-10-30(22-47-31)42(43,44)45/h7-11,18-20,22-23,27,32H,12-17,24H2,1-6H3/b29-18-. The lowest BCUT2D eigenvalue weighted by molar-refractivity contribution is -0.137. The fraction of sp³-hybridized carbons (Fsp3) is 0.381. The number of nitrogens with zero attached hydrogens (tertiary/aromatic N) is 5. The molecule has 13 heteroatoms. The number of piperidine rings is 1. The summed E-state index contributed by atoms with van der Waals surface area (Å²) in [7, 11) is 5.05. The number of nitriles is 1. The Kier molecular flexibility index (Phi) is 11.4. The van der Waals surface area contributed by atoms with E-state index < -0.39 is 17.6 Å². The van der Waals surface area contributed by atoms with Crippen LogP contribution in [-0.2, 0) is 31.0 Å². The number of hydrogen-bond donors (Lipinski definition) is 0. The number of pyridine rings is 2. The average molecular weight is 756 g/mol. The van der Waals surface area contributed by atoms with Gasteiger partial charge in [0.25, 0.3) is 11.5 Å². The molecule has 0 spiro atoms. The van der Waals surface area contributed by atoms with Crippen molar-refractivity contribution in [3.8, 4) is 34.4 Å². The number of rotatable bonds is 9. The average Bonchev–Trinajstić information content (AvgIpc) is 3.18. The number of aromatic nitrogens is 2. The zero-order valence-corrected chi connectivity index (χ0v) is 31.8. The van der Waals surface area contributed by atoms with E-state index in [9.17, 15) is 28.0 Å². The molecule has 1 saturated heterocycles. The lowest BCUT2D eigenvalue weighted by Crippen LogP contribution is -2.40. The zero-order valence-electron chi connectivity index (χ0n) is 31.8. The van der Waals surface area contributed by atoms with Crippen LogP contribution in [0.3, 0.4) is 0 Å². The smallest absolute Gasteiger partial charge is 0.417 e. The van der Waals surface area contributed by atoms with Crippen LogP contribution < -0.4 is 19.8 Å². The fourth-order valence-corrected chi connectivity index (χ4v) is 7.48. The highest BCUT2D eigenvalue weighted by atomic mass is 19.4. The largest absolute Gasteiger partial charge is 0.496 e. The number of alkyl halides is 3. The van der Waals surface area contributed by atoms with Crippen molar-refractivity contribution in [1.29, 1.82) is 5.26 Å². The molecule has 0 radical (unpaired) electrons. The van der Waals surface area contributed by atoms with Crippen LogP contribution in [0, 0.1) is 25.2 Å². The van der Waals surface area contributed by atoms with Gasteiger partial charge in [0.1, 0.15) is 35.0 Å². The minimum atomic E-state index is -4.54. The first-order valence-electron chi connectivity index (χ1n) is 18.1. The van der Waals surface area contributed by atoms with Gasteiger partial charge in [0.05, 0.1) is 37.1 Å². The molecule has 55 heavy (non-hydrogen) atoms. The lowest BCUT2D eigenvalue weighted by Gasteiger charge is -2.37. The second kappa shape index (κ2) is 16.0. The highest BCUT2D eigenvalue weighted by Gasteiger charge is 2.33. The van der Waals surface area contributed by atoms with E-state index >= 15 is 0 Å². The molecule has 1 unspecified atom stereocenters. The Morgan fingerprint density at radius 2 is 1.71 bits per heavy atom. The first kappa shape index (κ1) is 39.1. The maximum atomic E-state index is 13.5. The van der Waals surface area contributed by atoms with E-state index in [-0.39, 0.29) is 29.0 Å². The van der Waals surface area contributed by atoms with Crippen molar-refractivity contribution in [3.05, 3.63) is 110 Å². The molecule has 4 heterocycles. The van der Waals surface area contributed by atoms with Gasteiger partial charge in [0.15, 0.2) is 0 Å². The van der Waals surface area contributed by atoms with Crippen LogP contribution in [0.1, 0.15) is 64.9 Å². The zero-order chi connectivity index (χ0) is 39.6. The SMILES string of the molecule is COc1cc(-c2cn(C)c(=O)c(C)c2C)cc(OC)c1CN1CCC(Oc2cccc3c2CCN(C(=O)/C(C#N)=C\c2ccc(C(F)(F)F)cn2)C3C)CC1. The topological polar surface area (TPSA) is 110 Å². The van der Waals surface area contributed by atoms with Crippen LogP contribution in [0.15, 0.2) is 65.2 Å². The molecular formula is C42H44F3N5O5. The van der Waals surface area contributed by atoms with E-state index in [1.54, 1.807) is 30.7 Å². The quantitative estimate of drug-likeness (QED) is 0.130. The highest BCUT2D eigenvalue weighted by Crippen LogP contribution is 2.39. The van der Waals surface area contributed by atoms with Gasteiger partial charge in [-0.25, -0.2) is 0 Å². The van der Waals surface area contributed by atoms with Crippen molar-refractivity contribution >= 4 is 12.0 Å². The summed E-state index contributed by atoms with van der Waals surface area (Å²) in [5, 5.41) is 9.80. The normalized spacial score (nSPS) is 16.7. The molecule has 2 aromatic heterocycles. The van der Waals surface area contributed by atoms with Gasteiger partial charge in [-0.1, -0.05) is 12.1 Å². The van der Waals surface area contributed by atoms with Crippen LogP contribution >= 0.6 is 0 Å². The van der Waals surface area contributed by atoms with Gasteiger partial charge in [-0.3, -0.25) is 19.5 Å². The number of carbonyl (C=O) groups is 1. The Labute approximate surface area is 318 Å². The summed E-state index contributed by atoms with van der Waals surface area (Å²) in [6.45, 7) is 8.24. The molecule has 1 amide bonds. The number of benzene rings is 2. The maximum absolute atomic E-state index is 13.5. The van der Waals surface area contributed by atoms with E-state index in [4.69, 9.17) is 14.2 Å². The summed E-state index contributed by atoms with van der Waals surface area (Å²) >= 11 is 0. The minimum Gasteiger partial charge on any atom is -0.496 e. The minimum absolute atomic E-state index is 0.0100. The van der Waals surface area contributed by atoms with Crippen LogP contribution in [0.5, 0.6) is 17.2 Å². The predicted molar refractivity (Wildman–Crippen MR) is 202 cm³/mol. The molecule has 4 aromatic rings. The van der Waals surface area contributed by atoms with Gasteiger partial charge < -0.3 is 23.7 Å². The number of amides is 1. The van der Waals surface area contributed by atoms with Gasteiger partial charge in [0, 0.05) is 62.3 Å². The van der Waals surface area contributed by atoms with E-state index in [0.29, 0.717) is 42.8 Å². The third-order valence-corrected chi connectivity index (χ3v) is 10.8. The summed E-state index contributed by atoms with van der Waals surface area (Å²) in [5.41, 5.74) is 5.30. The van der Waals surface area contributed by atoms with E-state index in [1.807, 2.05) is 63.4 Å². The molecule has 0 bridgehead atoms. The number of hydrogen-bond acceptors (Lipinski definition) is 8. The van der Waals surface area contributed by atoms with Crippen LogP contribution in [0.2, 0.25) is 0 Å². The number of aryl methyl sites for hydroxylation is 1. The van der Waals surface area contributed by atoms with Crippen molar-refractivity contribution in [2.75, 3.05) is 33.9 Å². The Morgan fingerprint density at radius 1 is 1.02 bits per heavy atom. The number of likely N-dealkylation sites (tertiary alicyclic amines) is 1. The Hall–Kier alpha value is -5.61. The summed E-state index contributed by atoms with van der Waals surface area (Å²) < 4.78 is 58.9. The van der Waals surface area contributed by atoms with E-state index in [0.717, 1.165) is 77.2 Å². The van der Waals surface area contributed by atoms with Gasteiger partial charge in [0.2, 0.25) is 0 Å². The maximum Gasteiger partial charge on any atom is 0.417 e. The summed E-state index contributed by atoms with van der Waals surface area (Å²) in [5.74, 6) is 1.69. The molecule has 0 saturated carbocycles. The van der Waals surface area contributed by atoms with E-state index in [1.165, 1.54) is 6.08 Å². The molecule has 2 aromatic carbocycles. The molecule has 288 valence electrons. The molecule has 10 nitrogen and oxygen atoms in total. The first-order valence-corrected chi connectivity index (χ1v) is 18.1. The third-order valence-electron chi connectivity index (χ3n) is 10.8. The van der Waals surface area contributed by atoms with Crippen molar-refractivity contribution < 1.29 is 32.2 Å². The van der Waals surface area contributed by atoms with Gasteiger partial charge in [-0.2, -0.15) is 18.4 Å². The number of fused-ring (bicyclic) bond motifs is 1. The van der Waals surface area contributed by atoms with Crippen molar-refractivity contribution in [2.24, 2.45) is 7.05 Å². The second-order valence-electron chi connectivity index (χ2n) is 14.0. The second-order valence-corrected chi connectivity index (χ2v) is 14.0. The number of halogens is 3. The number of ether oxygens (including phenoxy) is 3. The van der Waals surface area contributed by atoms with Crippen molar-refractivity contribution in [3.63, 3.8) is 0 Å². The molecule has 1 atom stereocenters. The van der Waals surface area contributed by atoms with Crippen LogP contribution in [0.25, 0.3) is 17.2 Å². The van der Waals surface area contributed by atoms with Crippen LogP contribution in [0.4, 0.5) is 13.2 Å². The van der Waals surface area contributed by atoms with Crippen molar-refractivity contribution in [2.45, 2.75) is 64.9 Å². The summed E-state index contributed by atoms with van der Waals surface area (Å²) in [6, 6.07) is 13.4. The molecule has 6 rings (SSSR count). The monoisotopic (exact) mass is 755 g/mol. The Balaban J connectivity index is 1.11. The molecule has 2 aliphatic heterocycles. The Bertz CT molecular complexity index is 2190. The van der Waals surface area contributed by atoms with Gasteiger partial charge in [-0.15, -0.1) is 0 Å². The first-order chi connectivity index (χ1) is 26.2. The van der Waals surface area contributed by atoms with Gasteiger partial charge >= 0.3 is 6.18 Å². The lowest BCUT2D eigenvalue weighted by atomic mass is 9.92. The predicted octanol–water partition coefficient (Wildman–Crippen LogP) is 7.20. The number of carbonyl (C=O) groups excluding carboxylic acids is 1. The molecule has 0 N–H and O–H groups in total. The Morgan fingerprint density at radius 3 is 2.31 bits per heavy atom. The summed E-state index contributed by atoms with van der Waals surface area (Å²) in [4.78, 5) is 33.8. The number of methoxy groups -OCH3 is 2. The molecule has 1 fully saturated rings. The molecule has 2 aliphatic rings. The van der Waals surface area contributed by atoms with Crippen molar-refractivity contribution in [1.82, 2.24) is 19.4 Å². The molecule has 0 aliphatic carbocycles. The fourth-order valence-electron chi connectivity index (χ4n) is 7.48. The molecular weight excluding hydrogens is 711 g/mol. The van der Waals surface area contributed by atoms with Gasteiger partial charge in [-0.05, 0) is 93.1 Å². The van der Waals surface area contributed by atoms with E-state index in [2.05, 4.69) is 9.88 Å². The third kappa shape index (κ3) is 8.10.